The summed E-state index contributed by atoms with van der Waals surface area (Å²) in [5.74, 6) is 0.432. The van der Waals surface area contributed by atoms with Gasteiger partial charge in [-0.25, -0.2) is 4.98 Å². The van der Waals surface area contributed by atoms with Gasteiger partial charge in [-0.3, -0.25) is 9.59 Å². The lowest BCUT2D eigenvalue weighted by atomic mass is 10.1. The molecule has 1 aliphatic rings. The molecule has 1 aromatic heterocycles. The highest BCUT2D eigenvalue weighted by Crippen LogP contribution is 2.23. The highest BCUT2D eigenvalue weighted by molar-refractivity contribution is 5.86. The van der Waals surface area contributed by atoms with Gasteiger partial charge >= 0.3 is 0 Å². The van der Waals surface area contributed by atoms with Crippen LogP contribution >= 0.6 is 0 Å². The summed E-state index contributed by atoms with van der Waals surface area (Å²) < 4.78 is 5.12. The van der Waals surface area contributed by atoms with Crippen LogP contribution in [0.3, 0.4) is 0 Å². The van der Waals surface area contributed by atoms with Gasteiger partial charge in [0.05, 0.1) is 13.4 Å². The number of nitrogens with one attached hydrogen (secondary N) is 3. The molecule has 1 fully saturated rings. The molecule has 0 bridgehead atoms. The molecule has 1 unspecified atom stereocenters. The van der Waals surface area contributed by atoms with Crippen LogP contribution in [0.4, 0.5) is 5.82 Å². The number of aromatic amines is 1. The summed E-state index contributed by atoms with van der Waals surface area (Å²) in [6.07, 6.45) is 1.32. The Hall–Kier alpha value is -2.09. The number of likely N-dealkylation sites (N-methyl/N-ethyl adjacent to an activating group) is 1. The average molecular weight is 281 g/mol. The molecule has 1 aliphatic heterocycles. The topological polar surface area (TPSA) is 99.4 Å². The van der Waals surface area contributed by atoms with E-state index >= 15 is 0 Å². The van der Waals surface area contributed by atoms with Crippen molar-refractivity contribution >= 4 is 11.7 Å². The standard InChI is InChI=1S/C12H19N5O3/c1-3-14-11(18)8-6-13-4-5-17(8)10-9(20-2)12(19)16-7-15-10/h7-8,13H,3-6H2,1-2H3,(H,14,18)(H,15,16,19). The molecule has 0 radical (unpaired) electrons. The van der Waals surface area contributed by atoms with Gasteiger partial charge in [-0.15, -0.1) is 0 Å². The molecule has 2 heterocycles. The molecule has 0 saturated carbocycles. The van der Waals surface area contributed by atoms with Gasteiger partial charge in [0.15, 0.2) is 5.82 Å². The Kier molecular flexibility index (Phi) is 4.57. The fourth-order valence-corrected chi connectivity index (χ4v) is 2.25. The monoisotopic (exact) mass is 281 g/mol. The van der Waals surface area contributed by atoms with E-state index in [1.807, 2.05) is 6.92 Å². The van der Waals surface area contributed by atoms with Gasteiger partial charge in [0.1, 0.15) is 6.04 Å². The molecule has 3 N–H and O–H groups in total. The van der Waals surface area contributed by atoms with Crippen molar-refractivity contribution in [2.24, 2.45) is 0 Å². The Bertz CT molecular complexity index is 530. The molecular formula is C12H19N5O3. The number of hydrogen-bond acceptors (Lipinski definition) is 6. The van der Waals surface area contributed by atoms with E-state index in [4.69, 9.17) is 4.74 Å². The Morgan fingerprint density at radius 3 is 3.15 bits per heavy atom. The van der Waals surface area contributed by atoms with Crippen LogP contribution in [0.15, 0.2) is 11.1 Å². The first kappa shape index (κ1) is 14.3. The third kappa shape index (κ3) is 2.74. The van der Waals surface area contributed by atoms with Crippen molar-refractivity contribution in [3.05, 3.63) is 16.7 Å². The van der Waals surface area contributed by atoms with Gasteiger partial charge in [0, 0.05) is 26.2 Å². The van der Waals surface area contributed by atoms with Crippen molar-refractivity contribution < 1.29 is 9.53 Å². The van der Waals surface area contributed by atoms with Gasteiger partial charge in [-0.2, -0.15) is 0 Å². The van der Waals surface area contributed by atoms with Crippen molar-refractivity contribution in [3.8, 4) is 5.75 Å². The number of carbonyl (C=O) groups excluding carboxylic acids is 1. The van der Waals surface area contributed by atoms with E-state index in [9.17, 15) is 9.59 Å². The van der Waals surface area contributed by atoms with Gasteiger partial charge in [-0.05, 0) is 6.92 Å². The maximum Gasteiger partial charge on any atom is 0.295 e. The minimum Gasteiger partial charge on any atom is -0.489 e. The Morgan fingerprint density at radius 2 is 2.45 bits per heavy atom. The zero-order valence-electron chi connectivity index (χ0n) is 11.6. The van der Waals surface area contributed by atoms with Crippen LogP contribution < -0.4 is 25.8 Å². The van der Waals surface area contributed by atoms with Crippen molar-refractivity contribution in [1.29, 1.82) is 0 Å². The van der Waals surface area contributed by atoms with E-state index in [1.165, 1.54) is 13.4 Å². The zero-order valence-corrected chi connectivity index (χ0v) is 11.6. The highest BCUT2D eigenvalue weighted by atomic mass is 16.5. The summed E-state index contributed by atoms with van der Waals surface area (Å²) in [5.41, 5.74) is -0.356. The van der Waals surface area contributed by atoms with E-state index < -0.39 is 6.04 Å². The number of piperazine rings is 1. The van der Waals surface area contributed by atoms with Crippen molar-refractivity contribution in [1.82, 2.24) is 20.6 Å². The molecule has 2 rings (SSSR count). The Labute approximate surface area is 116 Å². The lowest BCUT2D eigenvalue weighted by Gasteiger charge is -2.36. The molecule has 8 nitrogen and oxygen atoms in total. The third-order valence-corrected chi connectivity index (χ3v) is 3.17. The number of nitrogens with zero attached hydrogens (tertiary/aromatic N) is 2. The number of ether oxygens (including phenoxy) is 1. The Balaban J connectivity index is 2.35. The van der Waals surface area contributed by atoms with Gasteiger partial charge in [-0.1, -0.05) is 0 Å². The second-order valence-electron chi connectivity index (χ2n) is 4.40. The first-order chi connectivity index (χ1) is 9.69. The average Bonchev–Trinajstić information content (AvgIpc) is 2.47. The van der Waals surface area contributed by atoms with E-state index in [0.717, 1.165) is 0 Å². The number of amides is 1. The number of methoxy groups -OCH3 is 1. The molecule has 1 amide bonds. The van der Waals surface area contributed by atoms with Crippen LogP contribution in [0.1, 0.15) is 6.92 Å². The summed E-state index contributed by atoms with van der Waals surface area (Å²) in [5, 5.41) is 5.96. The predicted octanol–water partition coefficient (Wildman–Crippen LogP) is -1.31. The van der Waals surface area contributed by atoms with E-state index in [2.05, 4.69) is 20.6 Å². The second-order valence-corrected chi connectivity index (χ2v) is 4.40. The van der Waals surface area contributed by atoms with Gasteiger partial charge in [0.2, 0.25) is 11.7 Å². The predicted molar refractivity (Wildman–Crippen MR) is 74.1 cm³/mol. The molecule has 1 aromatic rings. The number of carbonyl (C=O) groups is 1. The number of H-pyrrole nitrogens is 1. The van der Waals surface area contributed by atoms with Crippen molar-refractivity contribution in [2.75, 3.05) is 38.2 Å². The lowest BCUT2D eigenvalue weighted by Crippen LogP contribution is -2.58. The maximum absolute atomic E-state index is 12.1. The number of anilines is 1. The smallest absolute Gasteiger partial charge is 0.295 e. The van der Waals surface area contributed by atoms with Crippen LogP contribution in [0.5, 0.6) is 5.75 Å². The number of rotatable bonds is 4. The Morgan fingerprint density at radius 1 is 1.65 bits per heavy atom. The quantitative estimate of drug-likeness (QED) is 0.634. The first-order valence-electron chi connectivity index (χ1n) is 6.55. The largest absolute Gasteiger partial charge is 0.489 e. The van der Waals surface area contributed by atoms with Gasteiger partial charge in [0.25, 0.3) is 5.56 Å². The molecule has 0 aromatic carbocycles. The molecule has 0 spiro atoms. The molecule has 20 heavy (non-hydrogen) atoms. The summed E-state index contributed by atoms with van der Waals surface area (Å²) in [6.45, 7) is 4.22. The van der Waals surface area contributed by atoms with Crippen molar-refractivity contribution in [3.63, 3.8) is 0 Å². The highest BCUT2D eigenvalue weighted by Gasteiger charge is 2.31. The third-order valence-electron chi connectivity index (χ3n) is 3.17. The summed E-state index contributed by atoms with van der Waals surface area (Å²) in [7, 11) is 1.42. The van der Waals surface area contributed by atoms with Crippen molar-refractivity contribution in [2.45, 2.75) is 13.0 Å². The molecule has 110 valence electrons. The van der Waals surface area contributed by atoms with Crippen LogP contribution in [-0.2, 0) is 4.79 Å². The first-order valence-corrected chi connectivity index (χ1v) is 6.55. The zero-order chi connectivity index (χ0) is 14.5. The summed E-state index contributed by atoms with van der Waals surface area (Å²) in [6, 6.07) is -0.410. The van der Waals surface area contributed by atoms with Gasteiger partial charge < -0.3 is 25.3 Å². The van der Waals surface area contributed by atoms with Crippen LogP contribution in [0.25, 0.3) is 0 Å². The maximum atomic E-state index is 12.1. The normalized spacial score (nSPS) is 18.7. The molecule has 1 atom stereocenters. The summed E-state index contributed by atoms with van der Waals surface area (Å²) in [4.78, 5) is 32.3. The minimum absolute atomic E-state index is 0.0937. The van der Waals surface area contributed by atoms with E-state index in [0.29, 0.717) is 32.0 Å². The molecular weight excluding hydrogens is 262 g/mol. The molecule has 1 saturated heterocycles. The fourth-order valence-electron chi connectivity index (χ4n) is 2.25. The molecule has 8 heteroatoms. The number of aromatic nitrogens is 2. The van der Waals surface area contributed by atoms with E-state index in [1.54, 1.807) is 4.90 Å². The number of hydrogen-bond donors (Lipinski definition) is 3. The minimum atomic E-state index is -0.410. The van der Waals surface area contributed by atoms with E-state index in [-0.39, 0.29) is 17.2 Å². The lowest BCUT2D eigenvalue weighted by molar-refractivity contribution is -0.122. The summed E-state index contributed by atoms with van der Waals surface area (Å²) >= 11 is 0. The van der Waals surface area contributed by atoms with Crippen LogP contribution in [0, 0.1) is 0 Å². The SMILES string of the molecule is CCNC(=O)C1CNCCN1c1nc[nH]c(=O)c1OC. The second kappa shape index (κ2) is 6.38. The molecule has 0 aliphatic carbocycles. The fraction of sp³-hybridized carbons (Fsp3) is 0.583. The van der Waals surface area contributed by atoms with Crippen LogP contribution in [-0.4, -0.2) is 55.2 Å². The van der Waals surface area contributed by atoms with Crippen LogP contribution in [0.2, 0.25) is 0 Å².